The normalized spacial score (nSPS) is 11.1. The van der Waals surface area contributed by atoms with Crippen molar-refractivity contribution in [3.05, 3.63) is 23.3 Å². The molecule has 0 aliphatic rings. The van der Waals surface area contributed by atoms with E-state index in [0.29, 0.717) is 11.1 Å². The van der Waals surface area contributed by atoms with Gasteiger partial charge in [0.25, 0.3) is 0 Å². The number of ether oxygens (including phenoxy) is 1. The second kappa shape index (κ2) is 5.44. The highest BCUT2D eigenvalue weighted by atomic mass is 35.5. The van der Waals surface area contributed by atoms with E-state index in [1.165, 1.54) is 13.2 Å². The quantitative estimate of drug-likeness (QED) is 0.808. The van der Waals surface area contributed by atoms with Crippen molar-refractivity contribution < 1.29 is 9.84 Å². The summed E-state index contributed by atoms with van der Waals surface area (Å²) in [4.78, 5) is 0. The summed E-state index contributed by atoms with van der Waals surface area (Å²) in [6.45, 7) is 1.73. The van der Waals surface area contributed by atoms with Crippen molar-refractivity contribution in [3.63, 3.8) is 0 Å². The number of nitriles is 1. The summed E-state index contributed by atoms with van der Waals surface area (Å²) < 4.78 is 4.92. The molecule has 0 radical (unpaired) electrons. The molecule has 5 heteroatoms. The molecular formula is C10H13ClN2O2. The number of aromatic hydroxyl groups is 1. The average molecular weight is 229 g/mol. The lowest BCUT2D eigenvalue weighted by Gasteiger charge is -2.11. The predicted octanol–water partition coefficient (Wildman–Crippen LogP) is 1.71. The molecule has 0 amide bonds. The molecule has 0 bridgehead atoms. The van der Waals surface area contributed by atoms with Crippen molar-refractivity contribution in [1.82, 2.24) is 0 Å². The number of phenolic OH excluding ortho intramolecular Hbond substituents is 1. The number of benzene rings is 1. The van der Waals surface area contributed by atoms with E-state index in [-0.39, 0.29) is 29.9 Å². The zero-order valence-corrected chi connectivity index (χ0v) is 9.34. The summed E-state index contributed by atoms with van der Waals surface area (Å²) in [5.41, 5.74) is 6.57. The first-order chi connectivity index (χ1) is 6.60. The van der Waals surface area contributed by atoms with E-state index in [9.17, 15) is 5.11 Å². The highest BCUT2D eigenvalue weighted by Gasteiger charge is 2.13. The molecule has 82 valence electrons. The van der Waals surface area contributed by atoms with Crippen LogP contribution in [0.5, 0.6) is 11.5 Å². The number of phenols is 1. The van der Waals surface area contributed by atoms with Gasteiger partial charge >= 0.3 is 0 Å². The first kappa shape index (κ1) is 13.6. The lowest BCUT2D eigenvalue weighted by molar-refractivity contribution is 0.369. The molecule has 1 aromatic rings. The van der Waals surface area contributed by atoms with Crippen LogP contribution in [0, 0.1) is 11.3 Å². The number of hydrogen-bond donors (Lipinski definition) is 2. The van der Waals surface area contributed by atoms with Crippen LogP contribution in [0.1, 0.15) is 24.1 Å². The highest BCUT2D eigenvalue weighted by molar-refractivity contribution is 5.85. The number of hydrogen-bond acceptors (Lipinski definition) is 4. The molecule has 3 N–H and O–H groups in total. The van der Waals surface area contributed by atoms with Gasteiger partial charge in [-0.1, -0.05) is 0 Å². The number of nitrogens with two attached hydrogens (primary N) is 1. The fourth-order valence-electron chi connectivity index (χ4n) is 1.20. The lowest BCUT2D eigenvalue weighted by Crippen LogP contribution is -2.06. The molecule has 0 unspecified atom stereocenters. The van der Waals surface area contributed by atoms with Crippen LogP contribution in [0.4, 0.5) is 0 Å². The predicted molar refractivity (Wildman–Crippen MR) is 59.2 cm³/mol. The van der Waals surface area contributed by atoms with Crippen molar-refractivity contribution >= 4 is 12.4 Å². The molecule has 0 fully saturated rings. The lowest BCUT2D eigenvalue weighted by atomic mass is 10.0. The second-order valence-corrected chi connectivity index (χ2v) is 3.02. The number of halogens is 1. The molecule has 0 heterocycles. The summed E-state index contributed by atoms with van der Waals surface area (Å²) in [7, 11) is 1.43. The fraction of sp³-hybridized carbons (Fsp3) is 0.300. The Bertz CT molecular complexity index is 386. The molecule has 1 rings (SSSR count). The van der Waals surface area contributed by atoms with E-state index in [0.717, 1.165) is 0 Å². The second-order valence-electron chi connectivity index (χ2n) is 3.02. The largest absolute Gasteiger partial charge is 0.504 e. The number of rotatable bonds is 2. The molecule has 0 aliphatic carbocycles. The Balaban J connectivity index is 0.00000196. The minimum Gasteiger partial charge on any atom is -0.504 e. The Hall–Kier alpha value is -1.44. The van der Waals surface area contributed by atoms with Crippen LogP contribution >= 0.6 is 12.4 Å². The maximum atomic E-state index is 9.66. The summed E-state index contributed by atoms with van der Waals surface area (Å²) in [5, 5.41) is 18.4. The number of nitrogens with zero attached hydrogens (tertiary/aromatic N) is 1. The van der Waals surface area contributed by atoms with E-state index in [2.05, 4.69) is 0 Å². The third kappa shape index (κ3) is 2.75. The summed E-state index contributed by atoms with van der Waals surface area (Å²) >= 11 is 0. The van der Waals surface area contributed by atoms with Crippen molar-refractivity contribution in [1.29, 1.82) is 5.26 Å². The zero-order valence-electron chi connectivity index (χ0n) is 8.52. The van der Waals surface area contributed by atoms with Gasteiger partial charge in [0, 0.05) is 17.7 Å². The standard InChI is InChI=1S/C10H12N2O2.ClH/c1-6(12)8-3-7(5-11)4-9(14-2)10(8)13;/h3-4,6,13H,12H2,1-2H3;1H/t6-;/m1./s1. The van der Waals surface area contributed by atoms with Crippen LogP contribution in [0.2, 0.25) is 0 Å². The monoisotopic (exact) mass is 228 g/mol. The van der Waals surface area contributed by atoms with Gasteiger partial charge in [-0.15, -0.1) is 12.4 Å². The minimum absolute atomic E-state index is 0. The average Bonchev–Trinajstić information content (AvgIpc) is 2.17. The summed E-state index contributed by atoms with van der Waals surface area (Å²) in [6, 6.07) is 4.67. The minimum atomic E-state index is -0.336. The molecule has 4 nitrogen and oxygen atoms in total. The Morgan fingerprint density at radius 1 is 1.53 bits per heavy atom. The van der Waals surface area contributed by atoms with Crippen molar-refractivity contribution in [3.8, 4) is 17.6 Å². The topological polar surface area (TPSA) is 79.3 Å². The third-order valence-corrected chi connectivity index (χ3v) is 1.94. The van der Waals surface area contributed by atoms with Crippen LogP contribution in [0.25, 0.3) is 0 Å². The molecule has 0 saturated heterocycles. The zero-order chi connectivity index (χ0) is 10.7. The molecule has 15 heavy (non-hydrogen) atoms. The van der Waals surface area contributed by atoms with E-state index in [4.69, 9.17) is 15.7 Å². The fourth-order valence-corrected chi connectivity index (χ4v) is 1.20. The van der Waals surface area contributed by atoms with Gasteiger partial charge in [-0.2, -0.15) is 5.26 Å². The van der Waals surface area contributed by atoms with Crippen LogP contribution in [0.15, 0.2) is 12.1 Å². The van der Waals surface area contributed by atoms with Gasteiger partial charge in [0.2, 0.25) is 0 Å². The van der Waals surface area contributed by atoms with Gasteiger partial charge in [-0.25, -0.2) is 0 Å². The maximum absolute atomic E-state index is 9.66. The van der Waals surface area contributed by atoms with Crippen molar-refractivity contribution in [2.75, 3.05) is 7.11 Å². The molecule has 0 aromatic heterocycles. The SMILES string of the molecule is COc1cc(C#N)cc([C@@H](C)N)c1O.Cl. The van der Waals surface area contributed by atoms with Crippen LogP contribution in [0.3, 0.4) is 0 Å². The van der Waals surface area contributed by atoms with Gasteiger partial charge in [-0.05, 0) is 13.0 Å². The van der Waals surface area contributed by atoms with Gasteiger partial charge in [-0.3, -0.25) is 0 Å². The van der Waals surface area contributed by atoms with Gasteiger partial charge in [0.1, 0.15) is 0 Å². The molecule has 0 spiro atoms. The Morgan fingerprint density at radius 2 is 2.13 bits per heavy atom. The van der Waals surface area contributed by atoms with Crippen molar-refractivity contribution in [2.45, 2.75) is 13.0 Å². The molecule has 0 saturated carbocycles. The smallest absolute Gasteiger partial charge is 0.162 e. The maximum Gasteiger partial charge on any atom is 0.162 e. The Morgan fingerprint density at radius 3 is 2.53 bits per heavy atom. The number of methoxy groups -OCH3 is 1. The molecular weight excluding hydrogens is 216 g/mol. The van der Waals surface area contributed by atoms with Crippen molar-refractivity contribution in [2.24, 2.45) is 5.73 Å². The van der Waals surface area contributed by atoms with Gasteiger partial charge < -0.3 is 15.6 Å². The summed E-state index contributed by atoms with van der Waals surface area (Å²) in [6.07, 6.45) is 0. The van der Waals surface area contributed by atoms with E-state index < -0.39 is 0 Å². The van der Waals surface area contributed by atoms with E-state index in [1.807, 2.05) is 6.07 Å². The van der Waals surface area contributed by atoms with Gasteiger partial charge in [0.15, 0.2) is 11.5 Å². The third-order valence-electron chi connectivity index (χ3n) is 1.94. The van der Waals surface area contributed by atoms with Crippen LogP contribution in [-0.4, -0.2) is 12.2 Å². The molecule has 1 atom stereocenters. The molecule has 0 aliphatic heterocycles. The first-order valence-corrected chi connectivity index (χ1v) is 4.16. The Kier molecular flexibility index (Phi) is 4.92. The van der Waals surface area contributed by atoms with Crippen LogP contribution in [-0.2, 0) is 0 Å². The van der Waals surface area contributed by atoms with E-state index in [1.54, 1.807) is 13.0 Å². The Labute approximate surface area is 94.7 Å². The van der Waals surface area contributed by atoms with E-state index >= 15 is 0 Å². The van der Waals surface area contributed by atoms with Gasteiger partial charge in [0.05, 0.1) is 18.7 Å². The highest BCUT2D eigenvalue weighted by Crippen LogP contribution is 2.33. The van der Waals surface area contributed by atoms with Crippen LogP contribution < -0.4 is 10.5 Å². The molecule has 1 aromatic carbocycles. The summed E-state index contributed by atoms with van der Waals surface area (Å²) in [5.74, 6) is 0.276. The first-order valence-electron chi connectivity index (χ1n) is 4.16.